The maximum absolute atomic E-state index is 12.2. The van der Waals surface area contributed by atoms with E-state index in [1.165, 1.54) is 0 Å². The topological polar surface area (TPSA) is 90.9 Å². The molecule has 1 atom stereocenters. The smallest absolute Gasteiger partial charge is 0.254 e. The molecule has 7 heteroatoms. The van der Waals surface area contributed by atoms with Gasteiger partial charge in [-0.25, -0.2) is 0 Å². The Kier molecular flexibility index (Phi) is 5.11. The van der Waals surface area contributed by atoms with E-state index < -0.39 is 12.0 Å². The minimum atomic E-state index is -1.17. The number of aromatic nitrogens is 3. The van der Waals surface area contributed by atoms with E-state index in [-0.39, 0.29) is 6.42 Å². The van der Waals surface area contributed by atoms with Gasteiger partial charge >= 0.3 is 0 Å². The normalized spacial score (nSPS) is 12.0. The van der Waals surface area contributed by atoms with Gasteiger partial charge in [-0.3, -0.25) is 14.9 Å². The van der Waals surface area contributed by atoms with Crippen LogP contribution in [0.3, 0.4) is 0 Å². The lowest BCUT2D eigenvalue weighted by atomic mass is 10.1. The molecular weight excluding hydrogens is 340 g/mol. The van der Waals surface area contributed by atoms with E-state index in [9.17, 15) is 9.90 Å². The monoisotopic (exact) mass is 356 g/mol. The summed E-state index contributed by atoms with van der Waals surface area (Å²) in [7, 11) is 0. The maximum Gasteiger partial charge on any atom is 0.254 e. The molecule has 3 N–H and O–H groups in total. The fraction of sp³-hybridized carbons (Fsp3) is 0.167. The van der Waals surface area contributed by atoms with Gasteiger partial charge in [-0.2, -0.15) is 5.10 Å². The van der Waals surface area contributed by atoms with Crippen LogP contribution in [0.5, 0.6) is 0 Å². The fourth-order valence-corrected chi connectivity index (χ4v) is 2.58. The first kappa shape index (κ1) is 17.1. The zero-order valence-corrected chi connectivity index (χ0v) is 14.3. The lowest BCUT2D eigenvalue weighted by molar-refractivity contribution is -0.123. The number of H-pyrrole nitrogens is 1. The third kappa shape index (κ3) is 4.04. The Bertz CT molecular complexity index is 863. The van der Waals surface area contributed by atoms with Crippen molar-refractivity contribution in [2.75, 3.05) is 5.32 Å². The van der Waals surface area contributed by atoms with Crippen LogP contribution < -0.4 is 5.32 Å². The van der Waals surface area contributed by atoms with Crippen molar-refractivity contribution in [3.63, 3.8) is 0 Å². The highest BCUT2D eigenvalue weighted by atomic mass is 35.5. The van der Waals surface area contributed by atoms with Gasteiger partial charge in [0.25, 0.3) is 5.91 Å². The quantitative estimate of drug-likeness (QED) is 0.655. The van der Waals surface area contributed by atoms with Crippen LogP contribution in [0.25, 0.3) is 11.3 Å². The molecule has 0 bridgehead atoms. The SMILES string of the molecule is Cc1c(-c2ccncc2)n[nH]c1NC(=O)[C@@H](O)Cc1ccc(Cl)cc1. The number of hydrogen-bond acceptors (Lipinski definition) is 4. The van der Waals surface area contributed by atoms with Gasteiger partial charge in [0.1, 0.15) is 11.9 Å². The van der Waals surface area contributed by atoms with Crippen molar-refractivity contribution < 1.29 is 9.90 Å². The van der Waals surface area contributed by atoms with Gasteiger partial charge in [0.05, 0.1) is 5.69 Å². The fourth-order valence-electron chi connectivity index (χ4n) is 2.45. The number of aliphatic hydroxyl groups is 1. The van der Waals surface area contributed by atoms with Crippen molar-refractivity contribution in [3.8, 4) is 11.3 Å². The van der Waals surface area contributed by atoms with Crippen molar-refractivity contribution in [3.05, 3.63) is 64.9 Å². The molecule has 6 nitrogen and oxygen atoms in total. The molecule has 0 spiro atoms. The first-order valence-corrected chi connectivity index (χ1v) is 8.11. The van der Waals surface area contributed by atoms with Crippen molar-refractivity contribution in [1.82, 2.24) is 15.2 Å². The van der Waals surface area contributed by atoms with Gasteiger partial charge in [-0.1, -0.05) is 23.7 Å². The predicted octanol–water partition coefficient (Wildman–Crippen LogP) is 2.98. The molecule has 128 valence electrons. The Hall–Kier alpha value is -2.70. The summed E-state index contributed by atoms with van der Waals surface area (Å²) in [5.41, 5.74) is 3.24. The van der Waals surface area contributed by atoms with E-state index in [0.717, 1.165) is 22.4 Å². The van der Waals surface area contributed by atoms with Gasteiger partial charge in [-0.05, 0) is 36.8 Å². The Morgan fingerprint density at radius 2 is 1.92 bits per heavy atom. The van der Waals surface area contributed by atoms with Crippen LogP contribution in [0, 0.1) is 6.92 Å². The minimum Gasteiger partial charge on any atom is -0.383 e. The summed E-state index contributed by atoms with van der Waals surface area (Å²) < 4.78 is 0. The zero-order chi connectivity index (χ0) is 17.8. The van der Waals surface area contributed by atoms with Crippen LogP contribution in [0.1, 0.15) is 11.1 Å². The summed E-state index contributed by atoms with van der Waals surface area (Å²) in [4.78, 5) is 16.2. The number of pyridine rings is 1. The van der Waals surface area contributed by atoms with Gasteiger partial charge in [0.2, 0.25) is 0 Å². The standard InChI is InChI=1S/C18H17ClN4O2/c1-11-16(13-6-8-20-9-7-13)22-23-17(11)21-18(25)15(24)10-12-2-4-14(19)5-3-12/h2-9,15,24H,10H2,1H3,(H2,21,22,23,25)/t15-/m0/s1. The number of aliphatic hydroxyl groups excluding tert-OH is 1. The van der Waals surface area contributed by atoms with E-state index in [1.807, 2.05) is 19.1 Å². The number of aromatic amines is 1. The summed E-state index contributed by atoms with van der Waals surface area (Å²) in [6.07, 6.45) is 2.39. The lowest BCUT2D eigenvalue weighted by Gasteiger charge is -2.11. The van der Waals surface area contributed by atoms with Gasteiger partial charge in [-0.15, -0.1) is 0 Å². The molecule has 3 aromatic rings. The number of benzene rings is 1. The average molecular weight is 357 g/mol. The van der Waals surface area contributed by atoms with Crippen molar-refractivity contribution in [2.24, 2.45) is 0 Å². The van der Waals surface area contributed by atoms with Crippen LogP contribution in [0.2, 0.25) is 5.02 Å². The minimum absolute atomic E-state index is 0.202. The van der Waals surface area contributed by atoms with Crippen LogP contribution in [-0.4, -0.2) is 32.3 Å². The zero-order valence-electron chi connectivity index (χ0n) is 13.5. The molecule has 0 radical (unpaired) electrons. The number of rotatable bonds is 5. The second kappa shape index (κ2) is 7.46. The highest BCUT2D eigenvalue weighted by Crippen LogP contribution is 2.25. The third-order valence-electron chi connectivity index (χ3n) is 3.86. The summed E-state index contributed by atoms with van der Waals surface area (Å²) in [6.45, 7) is 1.85. The van der Waals surface area contributed by atoms with E-state index in [0.29, 0.717) is 10.8 Å². The molecule has 0 saturated heterocycles. The molecule has 0 fully saturated rings. The summed E-state index contributed by atoms with van der Waals surface area (Å²) >= 11 is 5.83. The largest absolute Gasteiger partial charge is 0.383 e. The number of halogens is 1. The van der Waals surface area contributed by atoms with Gasteiger partial charge < -0.3 is 10.4 Å². The average Bonchev–Trinajstić information content (AvgIpc) is 2.98. The third-order valence-corrected chi connectivity index (χ3v) is 4.11. The van der Waals surface area contributed by atoms with Crippen LogP contribution in [0.4, 0.5) is 5.82 Å². The maximum atomic E-state index is 12.2. The summed E-state index contributed by atoms with van der Waals surface area (Å²) in [5, 5.41) is 20.4. The number of carbonyl (C=O) groups excluding carboxylic acids is 1. The van der Waals surface area contributed by atoms with Gasteiger partial charge in [0, 0.05) is 35.0 Å². The van der Waals surface area contributed by atoms with Crippen molar-refractivity contribution in [1.29, 1.82) is 0 Å². The second-order valence-electron chi connectivity index (χ2n) is 5.64. The number of anilines is 1. The molecule has 0 aliphatic heterocycles. The Labute approximate surface area is 149 Å². The van der Waals surface area contributed by atoms with Crippen molar-refractivity contribution >= 4 is 23.3 Å². The van der Waals surface area contributed by atoms with E-state index in [4.69, 9.17) is 11.6 Å². The predicted molar refractivity (Wildman–Crippen MR) is 96.3 cm³/mol. The highest BCUT2D eigenvalue weighted by molar-refractivity contribution is 6.30. The molecule has 1 amide bonds. The molecule has 0 aliphatic rings. The molecule has 25 heavy (non-hydrogen) atoms. The van der Waals surface area contributed by atoms with Crippen LogP contribution in [-0.2, 0) is 11.2 Å². The molecule has 0 aliphatic carbocycles. The molecule has 2 aromatic heterocycles. The molecular formula is C18H17ClN4O2. The lowest BCUT2D eigenvalue weighted by Crippen LogP contribution is -2.29. The first-order chi connectivity index (χ1) is 12.0. The number of nitrogens with zero attached hydrogens (tertiary/aromatic N) is 2. The number of amides is 1. The molecule has 3 rings (SSSR count). The Morgan fingerprint density at radius 3 is 2.60 bits per heavy atom. The number of hydrogen-bond donors (Lipinski definition) is 3. The van der Waals surface area contributed by atoms with Crippen LogP contribution >= 0.6 is 11.6 Å². The number of nitrogens with one attached hydrogen (secondary N) is 2. The summed E-state index contributed by atoms with van der Waals surface area (Å²) in [5.74, 6) is -0.0325. The number of carbonyl (C=O) groups is 1. The van der Waals surface area contributed by atoms with E-state index in [2.05, 4.69) is 20.5 Å². The molecule has 1 aromatic carbocycles. The highest BCUT2D eigenvalue weighted by Gasteiger charge is 2.19. The van der Waals surface area contributed by atoms with E-state index >= 15 is 0 Å². The Morgan fingerprint density at radius 1 is 1.24 bits per heavy atom. The second-order valence-corrected chi connectivity index (χ2v) is 6.08. The van der Waals surface area contributed by atoms with Crippen molar-refractivity contribution in [2.45, 2.75) is 19.4 Å². The van der Waals surface area contributed by atoms with E-state index in [1.54, 1.807) is 36.7 Å². The molecule has 0 unspecified atom stereocenters. The molecule has 0 saturated carbocycles. The van der Waals surface area contributed by atoms with Crippen LogP contribution in [0.15, 0.2) is 48.8 Å². The molecule has 2 heterocycles. The Balaban J connectivity index is 1.68. The first-order valence-electron chi connectivity index (χ1n) is 7.73. The van der Waals surface area contributed by atoms with Gasteiger partial charge in [0.15, 0.2) is 0 Å². The summed E-state index contributed by atoms with van der Waals surface area (Å²) in [6, 6.07) is 10.7.